The molecule has 208 valence electrons. The summed E-state index contributed by atoms with van der Waals surface area (Å²) in [7, 11) is -2.25. The van der Waals surface area contributed by atoms with Gasteiger partial charge in [0.25, 0.3) is 0 Å². The number of hydrogen-bond donors (Lipinski definition) is 1. The zero-order valence-corrected chi connectivity index (χ0v) is 24.0. The lowest BCUT2D eigenvalue weighted by Gasteiger charge is -2.33. The molecule has 0 bridgehead atoms. The van der Waals surface area contributed by atoms with E-state index in [0.29, 0.717) is 18.0 Å². The van der Waals surface area contributed by atoms with Crippen LogP contribution in [0.1, 0.15) is 29.2 Å². The third-order valence-corrected chi connectivity index (χ3v) is 7.71. The fourth-order valence-electron chi connectivity index (χ4n) is 4.31. The summed E-state index contributed by atoms with van der Waals surface area (Å²) in [6.07, 6.45) is 1.35. The highest BCUT2D eigenvalue weighted by Crippen LogP contribution is 2.23. The molecule has 0 unspecified atom stereocenters. The van der Waals surface area contributed by atoms with E-state index in [9.17, 15) is 18.0 Å². The van der Waals surface area contributed by atoms with Gasteiger partial charge in [0.2, 0.25) is 21.8 Å². The molecule has 8 nitrogen and oxygen atoms in total. The van der Waals surface area contributed by atoms with Gasteiger partial charge in [-0.1, -0.05) is 48.5 Å². The molecule has 0 spiro atoms. The maximum atomic E-state index is 14.0. The molecule has 3 rings (SSSR count). The number of carbonyl (C=O) groups excluding carboxylic acids is 2. The second-order valence-electron chi connectivity index (χ2n) is 9.51. The number of rotatable bonds is 12. The Morgan fingerprint density at radius 1 is 0.923 bits per heavy atom. The molecule has 2 amide bonds. The first-order chi connectivity index (χ1) is 18.5. The zero-order valence-electron chi connectivity index (χ0n) is 23.2. The van der Waals surface area contributed by atoms with Crippen molar-refractivity contribution in [3.63, 3.8) is 0 Å². The van der Waals surface area contributed by atoms with Crippen molar-refractivity contribution >= 4 is 27.5 Å². The first-order valence-electron chi connectivity index (χ1n) is 12.8. The summed E-state index contributed by atoms with van der Waals surface area (Å²) in [5.74, 6) is -0.186. The Balaban J connectivity index is 2.06. The van der Waals surface area contributed by atoms with E-state index in [1.165, 1.54) is 4.90 Å². The van der Waals surface area contributed by atoms with E-state index in [4.69, 9.17) is 4.74 Å². The van der Waals surface area contributed by atoms with Crippen molar-refractivity contribution in [2.24, 2.45) is 0 Å². The van der Waals surface area contributed by atoms with Crippen molar-refractivity contribution in [1.29, 1.82) is 0 Å². The van der Waals surface area contributed by atoms with E-state index >= 15 is 0 Å². The van der Waals surface area contributed by atoms with Crippen LogP contribution in [-0.2, 0) is 32.6 Å². The minimum atomic E-state index is -3.81. The van der Waals surface area contributed by atoms with Gasteiger partial charge in [-0.25, -0.2) is 8.42 Å². The van der Waals surface area contributed by atoms with Crippen LogP contribution in [0.5, 0.6) is 5.75 Å². The normalized spacial score (nSPS) is 11.9. The molecule has 1 atom stereocenters. The molecule has 0 fully saturated rings. The molecule has 1 N–H and O–H groups in total. The monoisotopic (exact) mass is 551 g/mol. The Morgan fingerprint density at radius 2 is 1.62 bits per heavy atom. The van der Waals surface area contributed by atoms with E-state index in [1.54, 1.807) is 31.4 Å². The fraction of sp³-hybridized carbons (Fsp3) is 0.333. The number of nitrogens with one attached hydrogen (secondary N) is 1. The fourth-order valence-corrected chi connectivity index (χ4v) is 5.15. The molecule has 0 aliphatic carbocycles. The predicted octanol–water partition coefficient (Wildman–Crippen LogP) is 3.85. The highest BCUT2D eigenvalue weighted by molar-refractivity contribution is 7.92. The second-order valence-corrected chi connectivity index (χ2v) is 11.4. The molecular formula is C30H37N3O5S. The molecule has 9 heteroatoms. The zero-order chi connectivity index (χ0) is 28.6. The van der Waals surface area contributed by atoms with E-state index < -0.39 is 28.5 Å². The molecule has 0 aliphatic heterocycles. The second kappa shape index (κ2) is 13.3. The van der Waals surface area contributed by atoms with Gasteiger partial charge in [-0.15, -0.1) is 0 Å². The Bertz CT molecular complexity index is 1390. The molecule has 0 radical (unpaired) electrons. The summed E-state index contributed by atoms with van der Waals surface area (Å²) in [5.41, 5.74) is 3.95. The summed E-state index contributed by atoms with van der Waals surface area (Å²) in [5, 5.41) is 2.85. The number of amides is 2. The molecule has 0 aliphatic rings. The number of hydrogen-bond acceptors (Lipinski definition) is 5. The Kier molecular flexibility index (Phi) is 10.1. The van der Waals surface area contributed by atoms with Gasteiger partial charge in [0.1, 0.15) is 18.3 Å². The molecule has 0 aromatic heterocycles. The number of benzene rings is 3. The number of ether oxygens (including phenoxy) is 1. The number of carbonyl (C=O) groups is 2. The highest BCUT2D eigenvalue weighted by atomic mass is 32.2. The van der Waals surface area contributed by atoms with Gasteiger partial charge < -0.3 is 15.0 Å². The molecule has 3 aromatic rings. The van der Waals surface area contributed by atoms with Crippen LogP contribution in [-0.4, -0.2) is 57.6 Å². The summed E-state index contributed by atoms with van der Waals surface area (Å²) in [6.45, 7) is 5.68. The first-order valence-corrected chi connectivity index (χ1v) is 14.7. The van der Waals surface area contributed by atoms with Crippen LogP contribution in [0.2, 0.25) is 0 Å². The van der Waals surface area contributed by atoms with Crippen LogP contribution >= 0.6 is 0 Å². The van der Waals surface area contributed by atoms with Crippen molar-refractivity contribution in [2.75, 3.05) is 30.8 Å². The van der Waals surface area contributed by atoms with E-state index in [2.05, 4.69) is 5.32 Å². The standard InChI is InChI=1S/C30H37N3O5S/c1-6-31-30(35)28(19-24-11-8-7-9-12-24)32(20-25-13-10-14-27(18-25)38-4)29(34)21-33(39(5,36)37)26-16-15-22(2)23(3)17-26/h7-18,28H,6,19-21H2,1-5H3,(H,31,35)/t28-/m1/s1. The van der Waals surface area contributed by atoms with Crippen molar-refractivity contribution < 1.29 is 22.7 Å². The van der Waals surface area contributed by atoms with E-state index in [0.717, 1.165) is 32.8 Å². The molecule has 0 heterocycles. The van der Waals surface area contributed by atoms with Crippen LogP contribution in [0.4, 0.5) is 5.69 Å². The Labute approximate surface area is 231 Å². The minimum Gasteiger partial charge on any atom is -0.497 e. The van der Waals surface area contributed by atoms with Gasteiger partial charge in [-0.05, 0) is 67.3 Å². The minimum absolute atomic E-state index is 0.0925. The highest BCUT2D eigenvalue weighted by Gasteiger charge is 2.33. The van der Waals surface area contributed by atoms with Crippen molar-refractivity contribution in [3.8, 4) is 5.75 Å². The number of nitrogens with zero attached hydrogens (tertiary/aromatic N) is 2. The van der Waals surface area contributed by atoms with Crippen LogP contribution in [0.25, 0.3) is 0 Å². The van der Waals surface area contributed by atoms with Crippen molar-refractivity contribution in [3.05, 3.63) is 95.1 Å². The SMILES string of the molecule is CCNC(=O)[C@@H](Cc1ccccc1)N(Cc1cccc(OC)c1)C(=O)CN(c1ccc(C)c(C)c1)S(C)(=O)=O. The number of sulfonamides is 1. The molecule has 0 saturated carbocycles. The smallest absolute Gasteiger partial charge is 0.244 e. The molecule has 39 heavy (non-hydrogen) atoms. The van der Waals surface area contributed by atoms with Gasteiger partial charge in [0, 0.05) is 19.5 Å². The quantitative estimate of drug-likeness (QED) is 0.369. The van der Waals surface area contributed by atoms with E-state index in [1.807, 2.05) is 69.3 Å². The average molecular weight is 552 g/mol. The Hall–Kier alpha value is -3.85. The van der Waals surface area contributed by atoms with Crippen molar-refractivity contribution in [1.82, 2.24) is 10.2 Å². The van der Waals surface area contributed by atoms with E-state index in [-0.39, 0.29) is 18.9 Å². The van der Waals surface area contributed by atoms with Crippen LogP contribution in [0.3, 0.4) is 0 Å². The van der Waals surface area contributed by atoms with Gasteiger partial charge in [-0.2, -0.15) is 0 Å². The molecular weight excluding hydrogens is 514 g/mol. The summed E-state index contributed by atoms with van der Waals surface area (Å²) >= 11 is 0. The lowest BCUT2D eigenvalue weighted by Crippen LogP contribution is -2.53. The summed E-state index contributed by atoms with van der Waals surface area (Å²) < 4.78 is 32.2. The number of anilines is 1. The van der Waals surface area contributed by atoms with Gasteiger partial charge in [0.15, 0.2) is 0 Å². The third-order valence-electron chi connectivity index (χ3n) is 6.57. The maximum absolute atomic E-state index is 14.0. The lowest BCUT2D eigenvalue weighted by molar-refractivity contribution is -0.140. The largest absolute Gasteiger partial charge is 0.497 e. The van der Waals surface area contributed by atoms with Gasteiger partial charge in [-0.3, -0.25) is 13.9 Å². The number of likely N-dealkylation sites (N-methyl/N-ethyl adjacent to an activating group) is 1. The van der Waals surface area contributed by atoms with Crippen LogP contribution < -0.4 is 14.4 Å². The topological polar surface area (TPSA) is 96.0 Å². The van der Waals surface area contributed by atoms with Crippen LogP contribution in [0.15, 0.2) is 72.8 Å². The van der Waals surface area contributed by atoms with Crippen molar-refractivity contribution in [2.45, 2.75) is 39.8 Å². The predicted molar refractivity (Wildman–Crippen MR) is 154 cm³/mol. The van der Waals surface area contributed by atoms with Gasteiger partial charge >= 0.3 is 0 Å². The number of methoxy groups -OCH3 is 1. The summed E-state index contributed by atoms with van der Waals surface area (Å²) in [4.78, 5) is 28.9. The molecule has 3 aromatic carbocycles. The first kappa shape index (κ1) is 29.7. The van der Waals surface area contributed by atoms with Gasteiger partial charge in [0.05, 0.1) is 19.1 Å². The maximum Gasteiger partial charge on any atom is 0.244 e. The third kappa shape index (κ3) is 8.07. The lowest BCUT2D eigenvalue weighted by atomic mass is 10.0. The Morgan fingerprint density at radius 3 is 2.23 bits per heavy atom. The average Bonchev–Trinajstić information content (AvgIpc) is 2.91. The number of aryl methyl sites for hydroxylation is 2. The van der Waals surface area contributed by atoms with Crippen LogP contribution in [0, 0.1) is 13.8 Å². The molecule has 0 saturated heterocycles. The summed E-state index contributed by atoms with van der Waals surface area (Å²) in [6, 6.07) is 21.1.